The summed E-state index contributed by atoms with van der Waals surface area (Å²) in [7, 11) is -3.87. The van der Waals surface area contributed by atoms with Crippen molar-refractivity contribution in [3.63, 3.8) is 0 Å². The SMILES string of the molecule is Nc1cc(Br)c(S(=O)(=O)N(CCO)CCO)cc1Cl. The highest BCUT2D eigenvalue weighted by molar-refractivity contribution is 9.10. The van der Waals surface area contributed by atoms with Crippen LogP contribution in [0, 0.1) is 0 Å². The van der Waals surface area contributed by atoms with Gasteiger partial charge in [-0.05, 0) is 28.1 Å². The molecule has 108 valence electrons. The van der Waals surface area contributed by atoms with Crippen LogP contribution in [0.1, 0.15) is 0 Å². The topological polar surface area (TPSA) is 104 Å². The molecule has 0 saturated carbocycles. The second-order valence-electron chi connectivity index (χ2n) is 3.66. The minimum absolute atomic E-state index is 0.0615. The summed E-state index contributed by atoms with van der Waals surface area (Å²) in [5.41, 5.74) is 5.83. The highest BCUT2D eigenvalue weighted by Crippen LogP contribution is 2.32. The van der Waals surface area contributed by atoms with Crippen molar-refractivity contribution < 1.29 is 18.6 Å². The van der Waals surface area contributed by atoms with E-state index in [0.29, 0.717) is 0 Å². The molecule has 0 aliphatic heterocycles. The van der Waals surface area contributed by atoms with Crippen LogP contribution in [0.3, 0.4) is 0 Å². The van der Waals surface area contributed by atoms with Crippen molar-refractivity contribution in [2.45, 2.75) is 4.90 Å². The average Bonchev–Trinajstić information content (AvgIpc) is 2.33. The third-order valence-corrected chi connectivity index (χ3v) is 5.55. The second kappa shape index (κ2) is 6.87. The van der Waals surface area contributed by atoms with Crippen molar-refractivity contribution >= 4 is 43.2 Å². The molecule has 1 aromatic rings. The summed E-state index contributed by atoms with van der Waals surface area (Å²) in [6.07, 6.45) is 0. The van der Waals surface area contributed by atoms with Gasteiger partial charge in [-0.25, -0.2) is 8.42 Å². The minimum atomic E-state index is -3.87. The average molecular weight is 374 g/mol. The van der Waals surface area contributed by atoms with Crippen molar-refractivity contribution in [3.8, 4) is 0 Å². The fourth-order valence-electron chi connectivity index (χ4n) is 1.46. The smallest absolute Gasteiger partial charge is 0.244 e. The van der Waals surface area contributed by atoms with Gasteiger partial charge in [0.25, 0.3) is 0 Å². The molecule has 0 radical (unpaired) electrons. The minimum Gasteiger partial charge on any atom is -0.397 e. The molecule has 0 spiro atoms. The van der Waals surface area contributed by atoms with E-state index in [2.05, 4.69) is 15.9 Å². The molecule has 0 aromatic heterocycles. The Bertz CT molecular complexity index is 547. The lowest BCUT2D eigenvalue weighted by Gasteiger charge is -2.21. The Morgan fingerprint density at radius 3 is 2.26 bits per heavy atom. The quantitative estimate of drug-likeness (QED) is 0.636. The van der Waals surface area contributed by atoms with Gasteiger partial charge in [-0.1, -0.05) is 11.6 Å². The Hall–Kier alpha value is -0.380. The molecule has 0 heterocycles. The number of halogens is 2. The normalized spacial score (nSPS) is 12.1. The van der Waals surface area contributed by atoms with E-state index in [1.54, 1.807) is 0 Å². The summed E-state index contributed by atoms with van der Waals surface area (Å²) in [6, 6.07) is 2.63. The van der Waals surface area contributed by atoms with Crippen molar-refractivity contribution in [1.82, 2.24) is 4.31 Å². The molecule has 0 amide bonds. The fraction of sp³-hybridized carbons (Fsp3) is 0.400. The largest absolute Gasteiger partial charge is 0.397 e. The zero-order valence-electron chi connectivity index (χ0n) is 9.88. The Labute approximate surface area is 125 Å². The molecule has 6 nitrogen and oxygen atoms in total. The Kier molecular flexibility index (Phi) is 6.03. The van der Waals surface area contributed by atoms with Crippen molar-refractivity contribution in [2.24, 2.45) is 0 Å². The lowest BCUT2D eigenvalue weighted by molar-refractivity contribution is 0.217. The number of nitrogens with zero attached hydrogens (tertiary/aromatic N) is 1. The Morgan fingerprint density at radius 1 is 1.26 bits per heavy atom. The maximum atomic E-state index is 12.4. The van der Waals surface area contributed by atoms with Gasteiger partial charge >= 0.3 is 0 Å². The van der Waals surface area contributed by atoms with Crippen molar-refractivity contribution in [1.29, 1.82) is 0 Å². The first-order valence-electron chi connectivity index (χ1n) is 5.31. The molecule has 0 aliphatic carbocycles. The van der Waals surface area contributed by atoms with Crippen molar-refractivity contribution in [3.05, 3.63) is 21.6 Å². The summed E-state index contributed by atoms with van der Waals surface area (Å²) in [4.78, 5) is -0.0615. The number of aliphatic hydroxyl groups is 2. The van der Waals surface area contributed by atoms with E-state index >= 15 is 0 Å². The van der Waals surface area contributed by atoms with Crippen molar-refractivity contribution in [2.75, 3.05) is 32.0 Å². The number of hydrogen-bond acceptors (Lipinski definition) is 5. The molecule has 0 aliphatic rings. The van der Waals surface area contributed by atoms with Crippen LogP contribution in [0.15, 0.2) is 21.5 Å². The van der Waals surface area contributed by atoms with Crippen LogP contribution in [0.5, 0.6) is 0 Å². The van der Waals surface area contributed by atoms with Crippen LogP contribution in [0.2, 0.25) is 5.02 Å². The van der Waals surface area contributed by atoms with Crippen LogP contribution in [-0.4, -0.2) is 49.2 Å². The first-order valence-corrected chi connectivity index (χ1v) is 7.92. The third kappa shape index (κ3) is 3.80. The Morgan fingerprint density at radius 2 is 1.79 bits per heavy atom. The van der Waals surface area contributed by atoms with E-state index in [0.717, 1.165) is 4.31 Å². The molecule has 9 heteroatoms. The third-order valence-electron chi connectivity index (χ3n) is 2.37. The molecule has 1 rings (SSSR count). The molecule has 19 heavy (non-hydrogen) atoms. The van der Waals surface area contributed by atoms with Crippen LogP contribution in [-0.2, 0) is 10.0 Å². The van der Waals surface area contributed by atoms with E-state index in [9.17, 15) is 8.42 Å². The number of sulfonamides is 1. The molecular formula is C10H14BrClN2O4S. The van der Waals surface area contributed by atoms with E-state index in [1.807, 2.05) is 0 Å². The number of hydrogen-bond donors (Lipinski definition) is 3. The lowest BCUT2D eigenvalue weighted by Crippen LogP contribution is -2.36. The first kappa shape index (κ1) is 16.7. The van der Waals surface area contributed by atoms with E-state index < -0.39 is 10.0 Å². The molecule has 0 atom stereocenters. The number of nitrogen functional groups attached to an aromatic ring is 1. The van der Waals surface area contributed by atoms with Crippen LogP contribution >= 0.6 is 27.5 Å². The van der Waals surface area contributed by atoms with Gasteiger partial charge in [0.2, 0.25) is 10.0 Å². The van der Waals surface area contributed by atoms with Gasteiger partial charge in [0.05, 0.1) is 28.8 Å². The van der Waals surface area contributed by atoms with E-state index in [4.69, 9.17) is 27.5 Å². The number of nitrogens with two attached hydrogens (primary N) is 1. The number of anilines is 1. The predicted molar refractivity (Wildman–Crippen MR) is 76.5 cm³/mol. The van der Waals surface area contributed by atoms with Crippen LogP contribution < -0.4 is 5.73 Å². The maximum absolute atomic E-state index is 12.4. The summed E-state index contributed by atoms with van der Waals surface area (Å²) in [5, 5.41) is 17.9. The van der Waals surface area contributed by atoms with Gasteiger partial charge in [-0.3, -0.25) is 0 Å². The molecule has 1 aromatic carbocycles. The van der Waals surface area contributed by atoms with Gasteiger partial charge < -0.3 is 15.9 Å². The van der Waals surface area contributed by atoms with Crippen LogP contribution in [0.25, 0.3) is 0 Å². The number of benzene rings is 1. The molecule has 0 unspecified atom stereocenters. The standard InChI is InChI=1S/C10H14BrClN2O4S/c11-7-5-9(13)8(12)6-10(7)19(17,18)14(1-3-15)2-4-16/h5-6,15-16H,1-4,13H2. The monoisotopic (exact) mass is 372 g/mol. The first-order chi connectivity index (χ1) is 8.84. The predicted octanol–water partition coefficient (Wildman–Crippen LogP) is 0.660. The highest BCUT2D eigenvalue weighted by atomic mass is 79.9. The highest BCUT2D eigenvalue weighted by Gasteiger charge is 2.26. The van der Waals surface area contributed by atoms with Gasteiger partial charge in [-0.2, -0.15) is 4.31 Å². The molecule has 0 bridgehead atoms. The van der Waals surface area contributed by atoms with E-state index in [-0.39, 0.29) is 46.4 Å². The summed E-state index contributed by atoms with van der Waals surface area (Å²) < 4.78 is 26.0. The van der Waals surface area contributed by atoms with Gasteiger partial charge in [0.1, 0.15) is 0 Å². The summed E-state index contributed by atoms with van der Waals surface area (Å²) in [5.74, 6) is 0. The molecule has 0 saturated heterocycles. The Balaban J connectivity index is 3.28. The fourth-order valence-corrected chi connectivity index (χ4v) is 4.15. The molecular weight excluding hydrogens is 360 g/mol. The number of rotatable bonds is 6. The summed E-state index contributed by atoms with van der Waals surface area (Å²) in [6.45, 7) is -0.923. The zero-order valence-corrected chi connectivity index (χ0v) is 13.0. The van der Waals surface area contributed by atoms with Gasteiger partial charge in [-0.15, -0.1) is 0 Å². The molecule has 0 fully saturated rings. The zero-order chi connectivity index (χ0) is 14.6. The van der Waals surface area contributed by atoms with Gasteiger partial charge in [0, 0.05) is 17.6 Å². The lowest BCUT2D eigenvalue weighted by atomic mass is 10.3. The second-order valence-corrected chi connectivity index (χ2v) is 6.82. The van der Waals surface area contributed by atoms with Crippen LogP contribution in [0.4, 0.5) is 5.69 Å². The summed E-state index contributed by atoms with van der Waals surface area (Å²) >= 11 is 8.94. The maximum Gasteiger partial charge on any atom is 0.244 e. The van der Waals surface area contributed by atoms with E-state index in [1.165, 1.54) is 12.1 Å². The number of aliphatic hydroxyl groups excluding tert-OH is 2. The van der Waals surface area contributed by atoms with Gasteiger partial charge in [0.15, 0.2) is 0 Å². The molecule has 4 N–H and O–H groups in total.